The van der Waals surface area contributed by atoms with Gasteiger partial charge in [-0.15, -0.1) is 5.10 Å². The Morgan fingerprint density at radius 2 is 2.00 bits per heavy atom. The van der Waals surface area contributed by atoms with E-state index in [0.29, 0.717) is 18.1 Å². The van der Waals surface area contributed by atoms with E-state index in [1.54, 1.807) is 11.5 Å². The van der Waals surface area contributed by atoms with Gasteiger partial charge in [-0.2, -0.15) is 9.50 Å². The third kappa shape index (κ3) is 2.29. The van der Waals surface area contributed by atoms with Crippen LogP contribution in [0.5, 0.6) is 0 Å². The Kier molecular flexibility index (Phi) is 3.02. The molecule has 0 amide bonds. The summed E-state index contributed by atoms with van der Waals surface area (Å²) in [5.41, 5.74) is -0.0363. The largest absolute Gasteiger partial charge is 0.477 e. The summed E-state index contributed by atoms with van der Waals surface area (Å²) in [5, 5.41) is 13.1. The summed E-state index contributed by atoms with van der Waals surface area (Å²) in [5.74, 6) is -0.542. The molecule has 0 aliphatic carbocycles. The minimum Gasteiger partial charge on any atom is -0.477 e. The lowest BCUT2D eigenvalue weighted by Gasteiger charge is -2.08. The van der Waals surface area contributed by atoms with Gasteiger partial charge in [-0.05, 0) is 12.5 Å². The molecule has 0 fully saturated rings. The molecule has 21 heavy (non-hydrogen) atoms. The second kappa shape index (κ2) is 4.86. The third-order valence-corrected chi connectivity index (χ3v) is 3.09. The van der Waals surface area contributed by atoms with Crippen LogP contribution in [0.3, 0.4) is 0 Å². The van der Waals surface area contributed by atoms with Crippen LogP contribution in [0.15, 0.2) is 41.3 Å². The average molecular weight is 284 g/mol. The maximum Gasteiger partial charge on any atom is 0.342 e. The van der Waals surface area contributed by atoms with Crippen molar-refractivity contribution in [3.63, 3.8) is 0 Å². The van der Waals surface area contributed by atoms with Crippen molar-refractivity contribution in [3.05, 3.63) is 63.8 Å². The molecule has 0 aliphatic heterocycles. The summed E-state index contributed by atoms with van der Waals surface area (Å²) in [6.07, 6.45) is 1.31. The van der Waals surface area contributed by atoms with Crippen LogP contribution in [0.25, 0.3) is 5.78 Å². The van der Waals surface area contributed by atoms with Gasteiger partial charge in [0, 0.05) is 6.20 Å². The number of nitrogens with zero attached hydrogens (tertiary/aromatic N) is 4. The van der Waals surface area contributed by atoms with Crippen LogP contribution >= 0.6 is 0 Å². The molecule has 2 heterocycles. The number of carboxylic acids is 1. The van der Waals surface area contributed by atoms with Gasteiger partial charge in [-0.3, -0.25) is 4.79 Å². The number of rotatable bonds is 3. The molecule has 0 spiro atoms. The van der Waals surface area contributed by atoms with Crippen molar-refractivity contribution >= 4 is 11.7 Å². The van der Waals surface area contributed by atoms with Crippen molar-refractivity contribution in [2.75, 3.05) is 0 Å². The number of carbonyl (C=O) groups is 1. The van der Waals surface area contributed by atoms with Crippen LogP contribution in [0.1, 0.15) is 21.7 Å². The number of aromatic nitrogens is 4. The topological polar surface area (TPSA) is 89.5 Å². The molecular formula is C14H12N4O3. The third-order valence-electron chi connectivity index (χ3n) is 3.09. The van der Waals surface area contributed by atoms with Crippen molar-refractivity contribution in [2.45, 2.75) is 13.5 Å². The maximum absolute atomic E-state index is 12.1. The minimum atomic E-state index is -1.28. The first-order valence-corrected chi connectivity index (χ1v) is 6.30. The van der Waals surface area contributed by atoms with Crippen molar-refractivity contribution in [1.82, 2.24) is 19.2 Å². The molecule has 7 nitrogen and oxygen atoms in total. The summed E-state index contributed by atoms with van der Waals surface area (Å²) >= 11 is 0. The van der Waals surface area contributed by atoms with E-state index in [1.807, 2.05) is 30.3 Å². The molecule has 2 aromatic heterocycles. The first-order valence-electron chi connectivity index (χ1n) is 6.30. The number of hydrogen-bond acceptors (Lipinski definition) is 4. The van der Waals surface area contributed by atoms with Crippen LogP contribution in [0.4, 0.5) is 0 Å². The Hall–Kier alpha value is -2.96. The van der Waals surface area contributed by atoms with Gasteiger partial charge in [0.05, 0.1) is 6.54 Å². The molecule has 1 N–H and O–H groups in total. The van der Waals surface area contributed by atoms with E-state index >= 15 is 0 Å². The quantitative estimate of drug-likeness (QED) is 0.773. The predicted molar refractivity (Wildman–Crippen MR) is 74.5 cm³/mol. The number of aryl methyl sites for hydroxylation is 1. The van der Waals surface area contributed by atoms with Crippen molar-refractivity contribution in [1.29, 1.82) is 0 Å². The molecular weight excluding hydrogens is 272 g/mol. The van der Waals surface area contributed by atoms with Gasteiger partial charge in [0.1, 0.15) is 11.4 Å². The summed E-state index contributed by atoms with van der Waals surface area (Å²) in [6.45, 7) is 2.06. The first kappa shape index (κ1) is 13.0. The minimum absolute atomic E-state index is 0.325. The lowest BCUT2D eigenvalue weighted by Crippen LogP contribution is -2.26. The van der Waals surface area contributed by atoms with Crippen molar-refractivity contribution in [3.8, 4) is 0 Å². The van der Waals surface area contributed by atoms with E-state index in [9.17, 15) is 9.59 Å². The zero-order valence-electron chi connectivity index (χ0n) is 11.2. The first-order chi connectivity index (χ1) is 10.1. The molecule has 106 valence electrons. The molecule has 0 aliphatic rings. The zero-order chi connectivity index (χ0) is 15.0. The zero-order valence-corrected chi connectivity index (χ0v) is 11.2. The van der Waals surface area contributed by atoms with E-state index in [4.69, 9.17) is 5.11 Å². The van der Waals surface area contributed by atoms with Gasteiger partial charge in [0.25, 0.3) is 5.56 Å². The normalized spacial score (nSPS) is 10.9. The van der Waals surface area contributed by atoms with Gasteiger partial charge in [0.15, 0.2) is 0 Å². The monoisotopic (exact) mass is 284 g/mol. The molecule has 0 saturated heterocycles. The standard InChI is InChI=1S/C14H12N4O3/c1-9-15-14-17(7-10-5-3-2-4-6-10)8-11(13(20)21)12(19)18(14)16-9/h2-6,8H,7H2,1H3,(H,20,21). The summed E-state index contributed by atoms with van der Waals surface area (Å²) in [6, 6.07) is 9.51. The average Bonchev–Trinajstić information content (AvgIpc) is 2.85. The highest BCUT2D eigenvalue weighted by Crippen LogP contribution is 2.07. The second-order valence-corrected chi connectivity index (χ2v) is 4.64. The fourth-order valence-corrected chi connectivity index (χ4v) is 2.15. The lowest BCUT2D eigenvalue weighted by atomic mass is 10.2. The van der Waals surface area contributed by atoms with E-state index in [1.165, 1.54) is 6.20 Å². The summed E-state index contributed by atoms with van der Waals surface area (Å²) < 4.78 is 2.64. The molecule has 3 rings (SSSR count). The maximum atomic E-state index is 12.1. The van der Waals surface area contributed by atoms with Crippen LogP contribution in [0, 0.1) is 6.92 Å². The van der Waals surface area contributed by atoms with E-state index in [-0.39, 0.29) is 5.56 Å². The van der Waals surface area contributed by atoms with Crippen LogP contribution < -0.4 is 5.56 Å². The molecule has 7 heteroatoms. The Balaban J connectivity index is 2.23. The molecule has 0 atom stereocenters. The molecule has 3 aromatic rings. The molecule has 0 radical (unpaired) electrons. The fraction of sp³-hybridized carbons (Fsp3) is 0.143. The summed E-state index contributed by atoms with van der Waals surface area (Å²) in [7, 11) is 0. The van der Waals surface area contributed by atoms with Crippen molar-refractivity contribution in [2.24, 2.45) is 0 Å². The molecule has 0 saturated carbocycles. The van der Waals surface area contributed by atoms with Crippen molar-refractivity contribution < 1.29 is 9.90 Å². The van der Waals surface area contributed by atoms with Crippen LogP contribution in [0.2, 0.25) is 0 Å². The predicted octanol–water partition coefficient (Wildman–Crippen LogP) is 0.946. The van der Waals surface area contributed by atoms with Gasteiger partial charge in [-0.1, -0.05) is 30.3 Å². The number of benzene rings is 1. The number of carboxylic acid groups (broad SMARTS) is 1. The molecule has 1 aromatic carbocycles. The highest BCUT2D eigenvalue weighted by atomic mass is 16.4. The Labute approximate surface area is 119 Å². The molecule has 0 bridgehead atoms. The van der Waals surface area contributed by atoms with E-state index in [2.05, 4.69) is 10.1 Å². The number of hydrogen-bond donors (Lipinski definition) is 1. The van der Waals surface area contributed by atoms with Crippen LogP contribution in [-0.2, 0) is 6.54 Å². The number of aromatic carboxylic acids is 1. The van der Waals surface area contributed by atoms with Gasteiger partial charge >= 0.3 is 5.97 Å². The second-order valence-electron chi connectivity index (χ2n) is 4.64. The Morgan fingerprint density at radius 3 is 2.67 bits per heavy atom. The lowest BCUT2D eigenvalue weighted by molar-refractivity contribution is 0.0693. The van der Waals surface area contributed by atoms with Crippen LogP contribution in [-0.4, -0.2) is 30.2 Å². The highest BCUT2D eigenvalue weighted by Gasteiger charge is 2.17. The van der Waals surface area contributed by atoms with E-state index < -0.39 is 11.5 Å². The highest BCUT2D eigenvalue weighted by molar-refractivity contribution is 5.87. The Morgan fingerprint density at radius 1 is 1.29 bits per heavy atom. The number of fused-ring (bicyclic) bond motifs is 1. The van der Waals surface area contributed by atoms with E-state index in [0.717, 1.165) is 10.1 Å². The van der Waals surface area contributed by atoms with Gasteiger partial charge in [-0.25, -0.2) is 4.79 Å². The van der Waals surface area contributed by atoms with Gasteiger partial charge in [0.2, 0.25) is 5.78 Å². The fourth-order valence-electron chi connectivity index (χ4n) is 2.15. The van der Waals surface area contributed by atoms with Gasteiger partial charge < -0.3 is 9.67 Å². The smallest absolute Gasteiger partial charge is 0.342 e. The molecule has 0 unspecified atom stereocenters. The summed E-state index contributed by atoms with van der Waals surface area (Å²) in [4.78, 5) is 27.4. The SMILES string of the molecule is Cc1nc2n(Cc3ccccc3)cc(C(=O)O)c(=O)n2n1. The Bertz CT molecular complexity index is 880.